The van der Waals surface area contributed by atoms with Crippen molar-refractivity contribution in [1.29, 1.82) is 0 Å². The molecular weight excluding hydrogens is 188 g/mol. The van der Waals surface area contributed by atoms with Gasteiger partial charge in [-0.1, -0.05) is 19.4 Å². The van der Waals surface area contributed by atoms with E-state index in [1.54, 1.807) is 0 Å². The van der Waals surface area contributed by atoms with Crippen molar-refractivity contribution in [3.63, 3.8) is 0 Å². The number of hydrogen-bond donors (Lipinski definition) is 0. The molecule has 1 fully saturated rings. The van der Waals surface area contributed by atoms with Gasteiger partial charge in [-0.15, -0.1) is 6.58 Å². The summed E-state index contributed by atoms with van der Waals surface area (Å²) in [6.07, 6.45) is 0.770. The van der Waals surface area contributed by atoms with Crippen molar-refractivity contribution in [2.45, 2.75) is 27.2 Å². The lowest BCUT2D eigenvalue weighted by Crippen LogP contribution is -2.40. The van der Waals surface area contributed by atoms with E-state index in [9.17, 15) is 4.79 Å². The predicted octanol–water partition coefficient (Wildman–Crippen LogP) is 1.71. The highest BCUT2D eigenvalue weighted by molar-refractivity contribution is 5.82. The summed E-state index contributed by atoms with van der Waals surface area (Å²) in [5, 5.41) is 0. The lowest BCUT2D eigenvalue weighted by Gasteiger charge is -2.29. The van der Waals surface area contributed by atoms with Crippen LogP contribution >= 0.6 is 0 Å². The average Bonchev–Trinajstić information content (AvgIpc) is 2.48. The summed E-state index contributed by atoms with van der Waals surface area (Å²) >= 11 is 0. The van der Waals surface area contributed by atoms with E-state index < -0.39 is 0 Å². The van der Waals surface area contributed by atoms with Crippen LogP contribution in [0.1, 0.15) is 27.2 Å². The average molecular weight is 210 g/mol. The topological polar surface area (TPSA) is 23.6 Å². The van der Waals surface area contributed by atoms with Crippen LogP contribution in [0.5, 0.6) is 0 Å². The molecule has 1 rings (SSSR count). The fraction of sp³-hybridized carbons (Fsp3) is 0.750. The Morgan fingerprint density at radius 1 is 1.40 bits per heavy atom. The molecule has 0 aromatic rings. The van der Waals surface area contributed by atoms with Crippen molar-refractivity contribution < 1.29 is 4.79 Å². The van der Waals surface area contributed by atoms with Gasteiger partial charge in [0.15, 0.2) is 0 Å². The summed E-state index contributed by atoms with van der Waals surface area (Å²) in [5.74, 6) is 0.245. The van der Waals surface area contributed by atoms with Gasteiger partial charge in [-0.25, -0.2) is 0 Å². The van der Waals surface area contributed by atoms with Crippen LogP contribution < -0.4 is 0 Å². The molecule has 3 heteroatoms. The summed E-state index contributed by atoms with van der Waals surface area (Å²) < 4.78 is 0. The second kappa shape index (κ2) is 4.35. The summed E-state index contributed by atoms with van der Waals surface area (Å²) in [6, 6.07) is 0. The van der Waals surface area contributed by atoms with Crippen LogP contribution in [0.3, 0.4) is 0 Å². The minimum Gasteiger partial charge on any atom is -0.328 e. The summed E-state index contributed by atoms with van der Waals surface area (Å²) in [6.45, 7) is 12.5. The Balaban J connectivity index is 2.62. The van der Waals surface area contributed by atoms with Gasteiger partial charge in [0.1, 0.15) is 0 Å². The molecule has 0 aliphatic carbocycles. The molecule has 0 unspecified atom stereocenters. The van der Waals surface area contributed by atoms with Gasteiger partial charge < -0.3 is 4.90 Å². The number of rotatable bonds is 3. The maximum absolute atomic E-state index is 12.2. The first-order valence-corrected chi connectivity index (χ1v) is 5.45. The Labute approximate surface area is 92.7 Å². The van der Waals surface area contributed by atoms with Crippen molar-refractivity contribution in [3.05, 3.63) is 12.2 Å². The smallest absolute Gasteiger partial charge is 0.229 e. The van der Waals surface area contributed by atoms with Gasteiger partial charge in [0.05, 0.1) is 6.67 Å². The molecule has 1 aliphatic heterocycles. The monoisotopic (exact) mass is 210 g/mol. The zero-order chi connectivity index (χ0) is 11.6. The van der Waals surface area contributed by atoms with Crippen molar-refractivity contribution in [3.8, 4) is 0 Å². The number of allylic oxidation sites excluding steroid dienone is 1. The van der Waals surface area contributed by atoms with Crippen LogP contribution in [-0.2, 0) is 4.79 Å². The standard InChI is InChI=1S/C12H22N2O/c1-10(2)8-12(3,4)11(15)14-7-6-13(5)9-14/h1,6-9H2,2-5H3. The molecule has 1 heterocycles. The van der Waals surface area contributed by atoms with Crippen LogP contribution in [0.2, 0.25) is 0 Å². The Morgan fingerprint density at radius 2 is 2.00 bits per heavy atom. The molecule has 0 saturated carbocycles. The van der Waals surface area contributed by atoms with Crippen molar-refractivity contribution in [1.82, 2.24) is 9.80 Å². The Kier molecular flexibility index (Phi) is 3.55. The highest BCUT2D eigenvalue weighted by atomic mass is 16.2. The summed E-state index contributed by atoms with van der Waals surface area (Å²) in [7, 11) is 2.04. The summed E-state index contributed by atoms with van der Waals surface area (Å²) in [4.78, 5) is 16.3. The van der Waals surface area contributed by atoms with Gasteiger partial charge in [-0.05, 0) is 20.4 Å². The largest absolute Gasteiger partial charge is 0.328 e. The minimum absolute atomic E-state index is 0.245. The number of amides is 1. The molecule has 0 radical (unpaired) electrons. The molecule has 0 aromatic heterocycles. The molecular formula is C12H22N2O. The van der Waals surface area contributed by atoms with E-state index in [2.05, 4.69) is 11.5 Å². The highest BCUT2D eigenvalue weighted by Crippen LogP contribution is 2.27. The number of likely N-dealkylation sites (N-methyl/N-ethyl adjacent to an activating group) is 1. The second-order valence-corrected chi connectivity index (χ2v) is 5.31. The van der Waals surface area contributed by atoms with E-state index in [1.165, 1.54) is 0 Å². The van der Waals surface area contributed by atoms with Gasteiger partial charge in [0.2, 0.25) is 5.91 Å². The zero-order valence-corrected chi connectivity index (χ0v) is 10.3. The molecule has 1 saturated heterocycles. The third kappa shape index (κ3) is 3.06. The number of carbonyl (C=O) groups is 1. The van der Waals surface area contributed by atoms with Crippen molar-refractivity contribution >= 4 is 5.91 Å². The number of nitrogens with zero attached hydrogens (tertiary/aromatic N) is 2. The van der Waals surface area contributed by atoms with Crippen molar-refractivity contribution in [2.24, 2.45) is 5.41 Å². The molecule has 0 atom stereocenters. The van der Waals surface area contributed by atoms with E-state index in [-0.39, 0.29) is 11.3 Å². The molecule has 0 spiro atoms. The molecule has 0 bridgehead atoms. The predicted molar refractivity (Wildman–Crippen MR) is 62.4 cm³/mol. The molecule has 86 valence electrons. The maximum atomic E-state index is 12.2. The maximum Gasteiger partial charge on any atom is 0.229 e. The molecule has 0 N–H and O–H groups in total. The summed E-state index contributed by atoms with van der Waals surface area (Å²) in [5.41, 5.74) is 0.762. The first-order valence-electron chi connectivity index (χ1n) is 5.45. The molecule has 15 heavy (non-hydrogen) atoms. The van der Waals surface area contributed by atoms with E-state index in [0.717, 1.165) is 31.8 Å². The Hall–Kier alpha value is -0.830. The number of hydrogen-bond acceptors (Lipinski definition) is 2. The second-order valence-electron chi connectivity index (χ2n) is 5.31. The van der Waals surface area contributed by atoms with Crippen LogP contribution in [-0.4, -0.2) is 42.5 Å². The van der Waals surface area contributed by atoms with E-state index in [1.807, 2.05) is 32.7 Å². The third-order valence-corrected chi connectivity index (χ3v) is 2.77. The first kappa shape index (κ1) is 12.2. The van der Waals surface area contributed by atoms with E-state index in [4.69, 9.17) is 0 Å². The minimum atomic E-state index is -0.309. The van der Waals surface area contributed by atoms with Gasteiger partial charge in [-0.2, -0.15) is 0 Å². The van der Waals surface area contributed by atoms with Crippen LogP contribution in [0, 0.1) is 5.41 Å². The number of carbonyl (C=O) groups excluding carboxylic acids is 1. The van der Waals surface area contributed by atoms with Gasteiger partial charge >= 0.3 is 0 Å². The Morgan fingerprint density at radius 3 is 2.40 bits per heavy atom. The normalized spacial score (nSPS) is 18.3. The highest BCUT2D eigenvalue weighted by Gasteiger charge is 2.34. The van der Waals surface area contributed by atoms with Gasteiger partial charge in [0, 0.05) is 18.5 Å². The third-order valence-electron chi connectivity index (χ3n) is 2.77. The van der Waals surface area contributed by atoms with E-state index in [0.29, 0.717) is 0 Å². The molecule has 0 aromatic carbocycles. The molecule has 3 nitrogen and oxygen atoms in total. The van der Waals surface area contributed by atoms with Crippen LogP contribution in [0.4, 0.5) is 0 Å². The fourth-order valence-corrected chi connectivity index (χ4v) is 2.15. The van der Waals surface area contributed by atoms with E-state index >= 15 is 0 Å². The lowest BCUT2D eigenvalue weighted by molar-refractivity contribution is -0.139. The van der Waals surface area contributed by atoms with Crippen LogP contribution in [0.25, 0.3) is 0 Å². The quantitative estimate of drug-likeness (QED) is 0.662. The van der Waals surface area contributed by atoms with Crippen molar-refractivity contribution in [2.75, 3.05) is 26.8 Å². The Bertz CT molecular complexity index is 271. The molecule has 1 aliphatic rings. The molecule has 1 amide bonds. The van der Waals surface area contributed by atoms with Crippen LogP contribution in [0.15, 0.2) is 12.2 Å². The lowest BCUT2D eigenvalue weighted by atomic mass is 9.85. The van der Waals surface area contributed by atoms with Gasteiger partial charge in [0.25, 0.3) is 0 Å². The first-order chi connectivity index (χ1) is 6.83. The zero-order valence-electron chi connectivity index (χ0n) is 10.3. The fourth-order valence-electron chi connectivity index (χ4n) is 2.15. The van der Waals surface area contributed by atoms with Gasteiger partial charge in [-0.3, -0.25) is 9.69 Å². The SMILES string of the molecule is C=C(C)CC(C)(C)C(=O)N1CCN(C)C1.